The van der Waals surface area contributed by atoms with Gasteiger partial charge in [0.05, 0.1) is 29.6 Å². The standard InChI is InChI=1S/C13H14ClN3O/c1-18-11-3-2-8(6-9(11)14)10-7-16-12(17-10)13(15)4-5-13/h2-3,6-7H,4-5,15H2,1H3,(H,16,17). The van der Waals surface area contributed by atoms with Crippen LogP contribution in [-0.4, -0.2) is 17.1 Å². The van der Waals surface area contributed by atoms with E-state index in [1.54, 1.807) is 13.3 Å². The van der Waals surface area contributed by atoms with E-state index in [1.807, 2.05) is 18.2 Å². The zero-order chi connectivity index (χ0) is 12.8. The smallest absolute Gasteiger partial charge is 0.137 e. The number of rotatable bonds is 3. The number of nitrogens with two attached hydrogens (primary N) is 1. The van der Waals surface area contributed by atoms with Crippen LogP contribution in [0.15, 0.2) is 24.4 Å². The first-order valence-corrected chi connectivity index (χ1v) is 6.18. The molecule has 0 bridgehead atoms. The third-order valence-electron chi connectivity index (χ3n) is 3.30. The molecule has 0 unspecified atom stereocenters. The first-order valence-electron chi connectivity index (χ1n) is 5.81. The van der Waals surface area contributed by atoms with E-state index in [-0.39, 0.29) is 5.54 Å². The lowest BCUT2D eigenvalue weighted by molar-refractivity contribution is 0.415. The highest BCUT2D eigenvalue weighted by molar-refractivity contribution is 6.32. The first kappa shape index (κ1) is 11.6. The van der Waals surface area contributed by atoms with Crippen molar-refractivity contribution in [3.63, 3.8) is 0 Å². The molecule has 0 saturated heterocycles. The Hall–Kier alpha value is -1.52. The summed E-state index contributed by atoms with van der Waals surface area (Å²) in [5, 5.41) is 0.583. The Balaban J connectivity index is 1.95. The molecule has 1 heterocycles. The zero-order valence-corrected chi connectivity index (χ0v) is 10.8. The Bertz CT molecular complexity index is 590. The average Bonchev–Trinajstić information content (AvgIpc) is 2.94. The Morgan fingerprint density at radius 1 is 1.44 bits per heavy atom. The van der Waals surface area contributed by atoms with Gasteiger partial charge in [0.2, 0.25) is 0 Å². The summed E-state index contributed by atoms with van der Waals surface area (Å²) in [6, 6.07) is 5.64. The van der Waals surface area contributed by atoms with Gasteiger partial charge in [0, 0.05) is 5.56 Å². The number of aromatic nitrogens is 2. The third-order valence-corrected chi connectivity index (χ3v) is 3.59. The SMILES string of the molecule is COc1ccc(-c2cnc(C3(N)CC3)[nH]2)cc1Cl. The largest absolute Gasteiger partial charge is 0.495 e. The summed E-state index contributed by atoms with van der Waals surface area (Å²) in [4.78, 5) is 7.60. The van der Waals surface area contributed by atoms with Crippen molar-refractivity contribution in [2.75, 3.05) is 7.11 Å². The van der Waals surface area contributed by atoms with Crippen molar-refractivity contribution in [2.24, 2.45) is 5.73 Å². The van der Waals surface area contributed by atoms with Crippen LogP contribution in [0.2, 0.25) is 5.02 Å². The van der Waals surface area contributed by atoms with E-state index >= 15 is 0 Å². The molecule has 4 nitrogen and oxygen atoms in total. The Morgan fingerprint density at radius 3 is 2.83 bits per heavy atom. The fourth-order valence-corrected chi connectivity index (χ4v) is 2.18. The zero-order valence-electron chi connectivity index (χ0n) is 10.0. The predicted molar refractivity (Wildman–Crippen MR) is 70.7 cm³/mol. The summed E-state index contributed by atoms with van der Waals surface area (Å²) >= 11 is 6.10. The topological polar surface area (TPSA) is 63.9 Å². The van der Waals surface area contributed by atoms with Gasteiger partial charge in [-0.05, 0) is 31.0 Å². The molecular weight excluding hydrogens is 250 g/mol. The highest BCUT2D eigenvalue weighted by Crippen LogP contribution is 2.41. The first-order chi connectivity index (χ1) is 8.62. The lowest BCUT2D eigenvalue weighted by Gasteiger charge is -2.05. The maximum atomic E-state index is 6.10. The number of benzene rings is 1. The number of imidazole rings is 1. The minimum Gasteiger partial charge on any atom is -0.495 e. The van der Waals surface area contributed by atoms with Gasteiger partial charge in [0.1, 0.15) is 11.6 Å². The highest BCUT2D eigenvalue weighted by atomic mass is 35.5. The van der Waals surface area contributed by atoms with E-state index in [1.165, 1.54) is 0 Å². The van der Waals surface area contributed by atoms with Crippen molar-refractivity contribution in [2.45, 2.75) is 18.4 Å². The van der Waals surface area contributed by atoms with Gasteiger partial charge in [-0.1, -0.05) is 11.6 Å². The molecule has 0 aliphatic heterocycles. The maximum Gasteiger partial charge on any atom is 0.137 e. The summed E-state index contributed by atoms with van der Waals surface area (Å²) in [7, 11) is 1.60. The molecule has 18 heavy (non-hydrogen) atoms. The van der Waals surface area contributed by atoms with Crippen molar-refractivity contribution in [1.29, 1.82) is 0 Å². The Kier molecular flexibility index (Phi) is 2.57. The minimum atomic E-state index is -0.242. The summed E-state index contributed by atoms with van der Waals surface area (Å²) in [6.07, 6.45) is 3.77. The van der Waals surface area contributed by atoms with Gasteiger partial charge in [0.25, 0.3) is 0 Å². The molecule has 0 spiro atoms. The van der Waals surface area contributed by atoms with Crippen molar-refractivity contribution in [1.82, 2.24) is 9.97 Å². The van der Waals surface area contributed by atoms with Crippen LogP contribution in [0.4, 0.5) is 0 Å². The molecule has 1 aromatic heterocycles. The Labute approximate surface area is 110 Å². The number of ether oxygens (including phenoxy) is 1. The van der Waals surface area contributed by atoms with Crippen LogP contribution in [0.1, 0.15) is 18.7 Å². The number of nitrogens with one attached hydrogen (secondary N) is 1. The number of H-pyrrole nitrogens is 1. The van der Waals surface area contributed by atoms with Gasteiger partial charge in [-0.15, -0.1) is 0 Å². The number of hydrogen-bond donors (Lipinski definition) is 2. The van der Waals surface area contributed by atoms with Gasteiger partial charge < -0.3 is 15.5 Å². The second-order valence-corrected chi connectivity index (χ2v) is 5.06. The van der Waals surface area contributed by atoms with Crippen LogP contribution in [0, 0.1) is 0 Å². The van der Waals surface area contributed by atoms with Crippen molar-refractivity contribution in [3.05, 3.63) is 35.2 Å². The van der Waals surface area contributed by atoms with E-state index in [9.17, 15) is 0 Å². The van der Waals surface area contributed by atoms with Crippen LogP contribution < -0.4 is 10.5 Å². The highest BCUT2D eigenvalue weighted by Gasteiger charge is 2.42. The van der Waals surface area contributed by atoms with Gasteiger partial charge in [-0.25, -0.2) is 4.98 Å². The second kappa shape index (κ2) is 4.00. The fraction of sp³-hybridized carbons (Fsp3) is 0.308. The summed E-state index contributed by atoms with van der Waals surface area (Å²) in [5.41, 5.74) is 7.75. The van der Waals surface area contributed by atoms with Crippen LogP contribution in [0.3, 0.4) is 0 Å². The predicted octanol–water partition coefficient (Wildman–Crippen LogP) is 2.69. The molecule has 3 N–H and O–H groups in total. The number of nitrogens with zero attached hydrogens (tertiary/aromatic N) is 1. The summed E-state index contributed by atoms with van der Waals surface area (Å²) in [5.74, 6) is 1.52. The van der Waals surface area contributed by atoms with Crippen molar-refractivity contribution in [3.8, 4) is 17.0 Å². The number of aromatic amines is 1. The van der Waals surface area contributed by atoms with E-state index in [4.69, 9.17) is 22.1 Å². The van der Waals surface area contributed by atoms with Crippen molar-refractivity contribution >= 4 is 11.6 Å². The number of hydrogen-bond acceptors (Lipinski definition) is 3. The summed E-state index contributed by atoms with van der Waals surface area (Å²) in [6.45, 7) is 0. The van der Waals surface area contributed by atoms with Gasteiger partial charge in [0.15, 0.2) is 0 Å². The molecule has 0 radical (unpaired) electrons. The molecule has 3 rings (SSSR count). The quantitative estimate of drug-likeness (QED) is 0.895. The molecule has 1 saturated carbocycles. The number of halogens is 1. The fourth-order valence-electron chi connectivity index (χ4n) is 1.93. The molecular formula is C13H14ClN3O. The molecule has 1 aliphatic rings. The van der Waals surface area contributed by atoms with E-state index < -0.39 is 0 Å². The molecule has 94 valence electrons. The Morgan fingerprint density at radius 2 is 2.22 bits per heavy atom. The molecule has 5 heteroatoms. The van der Waals surface area contributed by atoms with Gasteiger partial charge in [-0.2, -0.15) is 0 Å². The van der Waals surface area contributed by atoms with Gasteiger partial charge >= 0.3 is 0 Å². The van der Waals surface area contributed by atoms with Crippen LogP contribution in [-0.2, 0) is 5.54 Å². The molecule has 1 aromatic carbocycles. The second-order valence-electron chi connectivity index (χ2n) is 4.65. The third kappa shape index (κ3) is 1.87. The van der Waals surface area contributed by atoms with E-state index in [0.717, 1.165) is 29.9 Å². The summed E-state index contributed by atoms with van der Waals surface area (Å²) < 4.78 is 5.13. The molecule has 0 atom stereocenters. The lowest BCUT2D eigenvalue weighted by atomic mass is 10.1. The molecule has 1 fully saturated rings. The number of methoxy groups -OCH3 is 1. The van der Waals surface area contributed by atoms with Crippen molar-refractivity contribution < 1.29 is 4.74 Å². The normalized spacial score (nSPS) is 16.6. The maximum absolute atomic E-state index is 6.10. The molecule has 1 aliphatic carbocycles. The van der Waals surface area contributed by atoms with Crippen LogP contribution >= 0.6 is 11.6 Å². The van der Waals surface area contributed by atoms with Crippen LogP contribution in [0.25, 0.3) is 11.3 Å². The monoisotopic (exact) mass is 263 g/mol. The lowest BCUT2D eigenvalue weighted by Crippen LogP contribution is -2.20. The van der Waals surface area contributed by atoms with Crippen LogP contribution in [0.5, 0.6) is 5.75 Å². The molecule has 0 amide bonds. The minimum absolute atomic E-state index is 0.242. The van der Waals surface area contributed by atoms with E-state index in [0.29, 0.717) is 10.8 Å². The van der Waals surface area contributed by atoms with E-state index in [2.05, 4.69) is 9.97 Å². The van der Waals surface area contributed by atoms with Gasteiger partial charge in [-0.3, -0.25) is 0 Å². The molecule has 2 aromatic rings. The average molecular weight is 264 g/mol.